The van der Waals surface area contributed by atoms with Gasteiger partial charge in [0.1, 0.15) is 0 Å². The lowest BCUT2D eigenvalue weighted by atomic mass is 10.0. The van der Waals surface area contributed by atoms with Crippen LogP contribution in [0.5, 0.6) is 0 Å². The Kier molecular flexibility index (Phi) is 3.09. The van der Waals surface area contributed by atoms with Crippen molar-refractivity contribution < 1.29 is 4.74 Å². The van der Waals surface area contributed by atoms with Crippen LogP contribution in [-0.2, 0) is 4.74 Å². The van der Waals surface area contributed by atoms with Gasteiger partial charge in [0.25, 0.3) is 0 Å². The molecule has 0 aromatic carbocycles. The number of rotatable bonds is 3. The zero-order valence-electron chi connectivity index (χ0n) is 10.1. The summed E-state index contributed by atoms with van der Waals surface area (Å²) in [5.74, 6) is 1.16. The molecule has 18 heavy (non-hydrogen) atoms. The second-order valence-corrected chi connectivity index (χ2v) is 5.08. The number of hydrogen-bond donors (Lipinski definition) is 1. The van der Waals surface area contributed by atoms with Crippen LogP contribution in [0.3, 0.4) is 0 Å². The molecule has 0 radical (unpaired) electrons. The lowest BCUT2D eigenvalue weighted by Crippen LogP contribution is -2.26. The molecule has 0 saturated carbocycles. The zero-order chi connectivity index (χ0) is 12.5. The van der Waals surface area contributed by atoms with E-state index in [1.807, 2.05) is 12.1 Å². The summed E-state index contributed by atoms with van der Waals surface area (Å²) < 4.78 is 7.07. The van der Waals surface area contributed by atoms with Gasteiger partial charge in [-0.1, -0.05) is 11.6 Å². The van der Waals surface area contributed by atoms with Crippen LogP contribution in [0.15, 0.2) is 18.3 Å². The Morgan fingerprint density at radius 1 is 1.56 bits per heavy atom. The molecule has 0 amide bonds. The number of nitrogens with zero attached hydrogens (tertiary/aromatic N) is 3. The number of nitrogens with one attached hydrogen (secondary N) is 1. The van der Waals surface area contributed by atoms with Gasteiger partial charge in [0.15, 0.2) is 5.65 Å². The van der Waals surface area contributed by atoms with Gasteiger partial charge in [0.2, 0.25) is 5.95 Å². The number of pyridine rings is 1. The minimum Gasteiger partial charge on any atom is -0.381 e. The van der Waals surface area contributed by atoms with Crippen LogP contribution in [0.4, 0.5) is 5.95 Å². The SMILES string of the molecule is CC(Nc1nc2ccc(Cl)cn2n1)C1CCOC1. The summed E-state index contributed by atoms with van der Waals surface area (Å²) in [6.45, 7) is 3.80. The predicted octanol–water partition coefficient (Wildman–Crippen LogP) is 2.22. The average molecular weight is 267 g/mol. The lowest BCUT2D eigenvalue weighted by molar-refractivity contribution is 0.183. The molecule has 96 valence electrons. The smallest absolute Gasteiger partial charge is 0.243 e. The van der Waals surface area contributed by atoms with E-state index in [4.69, 9.17) is 16.3 Å². The van der Waals surface area contributed by atoms with Gasteiger partial charge in [-0.2, -0.15) is 4.98 Å². The molecule has 1 fully saturated rings. The molecule has 2 aromatic heterocycles. The van der Waals surface area contributed by atoms with Crippen molar-refractivity contribution in [3.05, 3.63) is 23.4 Å². The third-order valence-corrected chi connectivity index (χ3v) is 3.55. The first kappa shape index (κ1) is 11.7. The fourth-order valence-corrected chi connectivity index (χ4v) is 2.34. The van der Waals surface area contributed by atoms with Crippen molar-refractivity contribution in [3.8, 4) is 0 Å². The third kappa shape index (κ3) is 2.28. The van der Waals surface area contributed by atoms with Crippen molar-refractivity contribution in [1.29, 1.82) is 0 Å². The molecule has 6 heteroatoms. The van der Waals surface area contributed by atoms with Crippen LogP contribution in [0, 0.1) is 5.92 Å². The maximum atomic E-state index is 5.91. The van der Waals surface area contributed by atoms with E-state index >= 15 is 0 Å². The maximum absolute atomic E-state index is 5.91. The first-order chi connectivity index (χ1) is 8.72. The summed E-state index contributed by atoms with van der Waals surface area (Å²) in [4.78, 5) is 4.41. The van der Waals surface area contributed by atoms with E-state index < -0.39 is 0 Å². The normalized spacial score (nSPS) is 21.3. The molecule has 1 aliphatic rings. The highest BCUT2D eigenvalue weighted by Crippen LogP contribution is 2.19. The molecule has 1 saturated heterocycles. The highest BCUT2D eigenvalue weighted by molar-refractivity contribution is 6.30. The number of halogens is 1. The molecule has 0 bridgehead atoms. The van der Waals surface area contributed by atoms with Crippen LogP contribution >= 0.6 is 11.6 Å². The molecular formula is C12H15ClN4O. The molecule has 1 aliphatic heterocycles. The first-order valence-corrected chi connectivity index (χ1v) is 6.46. The van der Waals surface area contributed by atoms with Crippen molar-refractivity contribution in [1.82, 2.24) is 14.6 Å². The second-order valence-electron chi connectivity index (χ2n) is 4.64. The largest absolute Gasteiger partial charge is 0.381 e. The Morgan fingerprint density at radius 3 is 3.22 bits per heavy atom. The number of anilines is 1. The minimum atomic E-state index is 0.306. The van der Waals surface area contributed by atoms with E-state index in [9.17, 15) is 0 Å². The van der Waals surface area contributed by atoms with Gasteiger partial charge in [0.05, 0.1) is 11.6 Å². The zero-order valence-corrected chi connectivity index (χ0v) is 10.9. The molecule has 3 heterocycles. The van der Waals surface area contributed by atoms with Crippen LogP contribution in [0.25, 0.3) is 5.65 Å². The number of fused-ring (bicyclic) bond motifs is 1. The highest BCUT2D eigenvalue weighted by atomic mass is 35.5. The quantitative estimate of drug-likeness (QED) is 0.926. The Bertz CT molecular complexity index is 550. The molecule has 1 N–H and O–H groups in total. The van der Waals surface area contributed by atoms with Crippen LogP contribution in [-0.4, -0.2) is 33.9 Å². The van der Waals surface area contributed by atoms with Crippen molar-refractivity contribution in [2.45, 2.75) is 19.4 Å². The molecule has 3 rings (SSSR count). The van der Waals surface area contributed by atoms with Crippen LogP contribution < -0.4 is 5.32 Å². The number of ether oxygens (including phenoxy) is 1. The van der Waals surface area contributed by atoms with Crippen molar-refractivity contribution in [2.24, 2.45) is 5.92 Å². The molecule has 0 spiro atoms. The van der Waals surface area contributed by atoms with E-state index in [1.54, 1.807) is 10.7 Å². The molecular weight excluding hydrogens is 252 g/mol. The molecule has 2 unspecified atom stereocenters. The van der Waals surface area contributed by atoms with Crippen molar-refractivity contribution >= 4 is 23.2 Å². The van der Waals surface area contributed by atoms with Gasteiger partial charge >= 0.3 is 0 Å². The van der Waals surface area contributed by atoms with Gasteiger partial charge in [-0.3, -0.25) is 0 Å². The Balaban J connectivity index is 1.77. The summed E-state index contributed by atoms with van der Waals surface area (Å²) in [6, 6.07) is 3.97. The highest BCUT2D eigenvalue weighted by Gasteiger charge is 2.23. The fourth-order valence-electron chi connectivity index (χ4n) is 2.19. The lowest BCUT2D eigenvalue weighted by Gasteiger charge is -2.17. The van der Waals surface area contributed by atoms with E-state index in [2.05, 4.69) is 22.3 Å². The minimum absolute atomic E-state index is 0.306. The van der Waals surface area contributed by atoms with E-state index in [0.717, 1.165) is 25.3 Å². The first-order valence-electron chi connectivity index (χ1n) is 6.08. The Hall–Kier alpha value is -1.33. The van der Waals surface area contributed by atoms with E-state index in [0.29, 0.717) is 22.9 Å². The third-order valence-electron chi connectivity index (χ3n) is 3.32. The molecule has 2 atom stereocenters. The molecule has 0 aliphatic carbocycles. The van der Waals surface area contributed by atoms with Gasteiger partial charge in [-0.25, -0.2) is 4.52 Å². The monoisotopic (exact) mass is 266 g/mol. The summed E-state index contributed by atoms with van der Waals surface area (Å²) in [7, 11) is 0. The second kappa shape index (κ2) is 4.74. The van der Waals surface area contributed by atoms with Gasteiger partial charge in [0, 0.05) is 24.8 Å². The van der Waals surface area contributed by atoms with Crippen molar-refractivity contribution in [3.63, 3.8) is 0 Å². The standard InChI is InChI=1S/C12H15ClN4O/c1-8(9-4-5-18-7-9)14-12-15-11-3-2-10(13)6-17(11)16-12/h2-3,6,8-9H,4-5,7H2,1H3,(H,14,16). The van der Waals surface area contributed by atoms with E-state index in [1.165, 1.54) is 0 Å². The molecule has 5 nitrogen and oxygen atoms in total. The van der Waals surface area contributed by atoms with Crippen LogP contribution in [0.2, 0.25) is 5.02 Å². The topological polar surface area (TPSA) is 51.5 Å². The predicted molar refractivity (Wildman–Crippen MR) is 70.0 cm³/mol. The van der Waals surface area contributed by atoms with Crippen LogP contribution in [0.1, 0.15) is 13.3 Å². The fraction of sp³-hybridized carbons (Fsp3) is 0.500. The molecule has 2 aromatic rings. The maximum Gasteiger partial charge on any atom is 0.243 e. The van der Waals surface area contributed by atoms with E-state index in [-0.39, 0.29) is 0 Å². The van der Waals surface area contributed by atoms with Gasteiger partial charge in [-0.15, -0.1) is 5.10 Å². The number of aromatic nitrogens is 3. The summed E-state index contributed by atoms with van der Waals surface area (Å²) in [5, 5.41) is 8.33. The summed E-state index contributed by atoms with van der Waals surface area (Å²) in [6.07, 6.45) is 2.84. The van der Waals surface area contributed by atoms with Crippen molar-refractivity contribution in [2.75, 3.05) is 18.5 Å². The van der Waals surface area contributed by atoms with Gasteiger partial charge < -0.3 is 10.1 Å². The number of hydrogen-bond acceptors (Lipinski definition) is 4. The van der Waals surface area contributed by atoms with Gasteiger partial charge in [-0.05, 0) is 25.5 Å². The Labute approximate surface area is 110 Å². The summed E-state index contributed by atoms with van der Waals surface area (Å²) >= 11 is 5.91. The summed E-state index contributed by atoms with van der Waals surface area (Å²) in [5.41, 5.74) is 0.789. The average Bonchev–Trinajstić information content (AvgIpc) is 2.95. The Morgan fingerprint density at radius 2 is 2.44 bits per heavy atom.